The molecule has 0 bridgehead atoms. The van der Waals surface area contributed by atoms with E-state index in [2.05, 4.69) is 10.2 Å². The van der Waals surface area contributed by atoms with Crippen molar-refractivity contribution in [3.8, 4) is 0 Å². The summed E-state index contributed by atoms with van der Waals surface area (Å²) in [5, 5.41) is 2.82. The number of hydrogen-bond donors (Lipinski definition) is 1. The third-order valence-corrected chi connectivity index (χ3v) is 6.90. The van der Waals surface area contributed by atoms with Gasteiger partial charge in [0.1, 0.15) is 0 Å². The predicted octanol–water partition coefficient (Wildman–Crippen LogP) is 3.61. The van der Waals surface area contributed by atoms with Crippen LogP contribution in [0.15, 0.2) is 54.6 Å². The number of rotatable bonds is 6. The summed E-state index contributed by atoms with van der Waals surface area (Å²) in [7, 11) is 0. The smallest absolute Gasteiger partial charge is 0.381 e. The molecule has 0 spiro atoms. The standard InChI is InChI=1S/C26H30F3N3O3/c27-26(28,29)21-6-4-5-20(19-21)25(10-17-35-18-11-25)24(34)30-12-9-23(33)32-15-13-31(14-16-32)22-7-2-1-3-8-22/h1-8,19H,9-18H2,(H,30,34). The van der Waals surface area contributed by atoms with Gasteiger partial charge in [-0.2, -0.15) is 13.2 Å². The van der Waals surface area contributed by atoms with Crippen LogP contribution >= 0.6 is 0 Å². The summed E-state index contributed by atoms with van der Waals surface area (Å²) in [5.41, 5.74) is -0.428. The van der Waals surface area contributed by atoms with Gasteiger partial charge in [0.15, 0.2) is 0 Å². The van der Waals surface area contributed by atoms with Gasteiger partial charge in [-0.1, -0.05) is 36.4 Å². The lowest BCUT2D eigenvalue weighted by Gasteiger charge is -2.37. The Kier molecular flexibility index (Phi) is 7.64. The van der Waals surface area contributed by atoms with E-state index in [-0.39, 0.29) is 50.8 Å². The maximum absolute atomic E-state index is 13.3. The summed E-state index contributed by atoms with van der Waals surface area (Å²) >= 11 is 0. The minimum atomic E-state index is -4.49. The molecule has 2 fully saturated rings. The molecule has 4 rings (SSSR count). The Hall–Kier alpha value is -3.07. The number of ether oxygens (including phenoxy) is 1. The van der Waals surface area contributed by atoms with Crippen molar-refractivity contribution in [3.05, 3.63) is 65.7 Å². The molecule has 2 aromatic carbocycles. The summed E-state index contributed by atoms with van der Waals surface area (Å²) in [6.07, 6.45) is -3.77. The van der Waals surface area contributed by atoms with Crippen LogP contribution in [0.2, 0.25) is 0 Å². The second kappa shape index (κ2) is 10.7. The first-order valence-electron chi connectivity index (χ1n) is 11.9. The van der Waals surface area contributed by atoms with E-state index in [4.69, 9.17) is 4.74 Å². The summed E-state index contributed by atoms with van der Waals surface area (Å²) in [6.45, 7) is 3.39. The van der Waals surface area contributed by atoms with Crippen LogP contribution in [0.3, 0.4) is 0 Å². The van der Waals surface area contributed by atoms with Crippen LogP contribution in [-0.2, 0) is 25.9 Å². The van der Waals surface area contributed by atoms with E-state index in [9.17, 15) is 22.8 Å². The fourth-order valence-electron chi connectivity index (χ4n) is 4.82. The number of nitrogens with one attached hydrogen (secondary N) is 1. The lowest BCUT2D eigenvalue weighted by Crippen LogP contribution is -2.50. The number of alkyl halides is 3. The molecule has 35 heavy (non-hydrogen) atoms. The quantitative estimate of drug-likeness (QED) is 0.674. The topological polar surface area (TPSA) is 61.9 Å². The third-order valence-electron chi connectivity index (χ3n) is 6.90. The second-order valence-electron chi connectivity index (χ2n) is 8.98. The van der Waals surface area contributed by atoms with Gasteiger partial charge in [-0.3, -0.25) is 9.59 Å². The second-order valence-corrected chi connectivity index (χ2v) is 8.98. The summed E-state index contributed by atoms with van der Waals surface area (Å²) < 4.78 is 45.2. The van der Waals surface area contributed by atoms with Gasteiger partial charge in [-0.15, -0.1) is 0 Å². The van der Waals surface area contributed by atoms with Crippen molar-refractivity contribution in [1.29, 1.82) is 0 Å². The van der Waals surface area contributed by atoms with E-state index in [1.165, 1.54) is 6.07 Å². The zero-order valence-corrected chi connectivity index (χ0v) is 19.5. The molecule has 9 heteroatoms. The third kappa shape index (κ3) is 5.78. The van der Waals surface area contributed by atoms with Crippen molar-refractivity contribution in [3.63, 3.8) is 0 Å². The van der Waals surface area contributed by atoms with Gasteiger partial charge in [-0.05, 0) is 36.6 Å². The van der Waals surface area contributed by atoms with Crippen molar-refractivity contribution in [2.75, 3.05) is 50.8 Å². The maximum atomic E-state index is 13.3. The monoisotopic (exact) mass is 489 g/mol. The number of anilines is 1. The van der Waals surface area contributed by atoms with Crippen LogP contribution < -0.4 is 10.2 Å². The molecule has 2 aliphatic rings. The normalized spacial score (nSPS) is 18.3. The highest BCUT2D eigenvalue weighted by Crippen LogP contribution is 2.38. The molecule has 6 nitrogen and oxygen atoms in total. The first kappa shape index (κ1) is 25.0. The van der Waals surface area contributed by atoms with Crippen LogP contribution in [0.25, 0.3) is 0 Å². The predicted molar refractivity (Wildman–Crippen MR) is 126 cm³/mol. The Morgan fingerprint density at radius 2 is 1.63 bits per heavy atom. The molecule has 0 aliphatic carbocycles. The van der Waals surface area contributed by atoms with Gasteiger partial charge in [-0.25, -0.2) is 0 Å². The van der Waals surface area contributed by atoms with E-state index in [1.807, 2.05) is 30.3 Å². The van der Waals surface area contributed by atoms with E-state index >= 15 is 0 Å². The largest absolute Gasteiger partial charge is 0.416 e. The Labute approximate surface area is 203 Å². The number of carbonyl (C=O) groups is 2. The molecule has 2 heterocycles. The van der Waals surface area contributed by atoms with Crippen LogP contribution in [-0.4, -0.2) is 62.7 Å². The van der Waals surface area contributed by atoms with Crippen LogP contribution in [0.5, 0.6) is 0 Å². The zero-order valence-electron chi connectivity index (χ0n) is 19.5. The first-order valence-corrected chi connectivity index (χ1v) is 11.9. The van der Waals surface area contributed by atoms with Crippen LogP contribution in [0, 0.1) is 0 Å². The maximum Gasteiger partial charge on any atom is 0.416 e. The van der Waals surface area contributed by atoms with Crippen molar-refractivity contribution in [2.24, 2.45) is 0 Å². The molecule has 188 valence electrons. The van der Waals surface area contributed by atoms with E-state index < -0.39 is 17.2 Å². The Morgan fingerprint density at radius 1 is 0.943 bits per heavy atom. The van der Waals surface area contributed by atoms with Crippen molar-refractivity contribution < 1.29 is 27.5 Å². The van der Waals surface area contributed by atoms with E-state index in [1.54, 1.807) is 11.0 Å². The fraction of sp³-hybridized carbons (Fsp3) is 0.462. The summed E-state index contributed by atoms with van der Waals surface area (Å²) in [5.74, 6) is -0.403. The van der Waals surface area contributed by atoms with Gasteiger partial charge < -0.3 is 19.9 Å². The highest BCUT2D eigenvalue weighted by atomic mass is 19.4. The molecule has 0 saturated carbocycles. The number of piperazine rings is 1. The highest BCUT2D eigenvalue weighted by Gasteiger charge is 2.43. The van der Waals surface area contributed by atoms with E-state index in [0.29, 0.717) is 18.7 Å². The molecule has 0 unspecified atom stereocenters. The van der Waals surface area contributed by atoms with Gasteiger partial charge >= 0.3 is 6.18 Å². The molecule has 2 saturated heterocycles. The van der Waals surface area contributed by atoms with Crippen LogP contribution in [0.1, 0.15) is 30.4 Å². The first-order chi connectivity index (χ1) is 16.8. The molecule has 0 atom stereocenters. The summed E-state index contributed by atoms with van der Waals surface area (Å²) in [4.78, 5) is 30.0. The van der Waals surface area contributed by atoms with Crippen molar-refractivity contribution in [1.82, 2.24) is 10.2 Å². The number of benzene rings is 2. The number of halogens is 3. The highest BCUT2D eigenvalue weighted by molar-refractivity contribution is 5.89. The molecule has 0 aromatic heterocycles. The number of carbonyl (C=O) groups excluding carboxylic acids is 2. The number of nitrogens with zero attached hydrogens (tertiary/aromatic N) is 2. The number of para-hydroxylation sites is 1. The van der Waals surface area contributed by atoms with Gasteiger partial charge in [0, 0.05) is 58.0 Å². The lowest BCUT2D eigenvalue weighted by atomic mass is 9.73. The molecule has 0 radical (unpaired) electrons. The Morgan fingerprint density at radius 3 is 2.29 bits per heavy atom. The zero-order chi connectivity index (χ0) is 24.9. The lowest BCUT2D eigenvalue weighted by molar-refractivity contribution is -0.138. The molecule has 2 aliphatic heterocycles. The Balaban J connectivity index is 1.34. The fourth-order valence-corrected chi connectivity index (χ4v) is 4.82. The van der Waals surface area contributed by atoms with Gasteiger partial charge in [0.05, 0.1) is 11.0 Å². The van der Waals surface area contributed by atoms with Gasteiger partial charge in [0.25, 0.3) is 0 Å². The molecule has 2 amide bonds. The average Bonchev–Trinajstić information content (AvgIpc) is 2.89. The van der Waals surface area contributed by atoms with Crippen molar-refractivity contribution >= 4 is 17.5 Å². The van der Waals surface area contributed by atoms with Gasteiger partial charge in [0.2, 0.25) is 11.8 Å². The minimum absolute atomic E-state index is 0.0434. The molecular formula is C26H30F3N3O3. The molecule has 1 N–H and O–H groups in total. The number of amides is 2. The molecule has 2 aromatic rings. The SMILES string of the molecule is O=C(CCNC(=O)C1(c2cccc(C(F)(F)F)c2)CCOCC1)N1CCN(c2ccccc2)CC1. The Bertz CT molecular complexity index is 1020. The average molecular weight is 490 g/mol. The summed E-state index contributed by atoms with van der Waals surface area (Å²) in [6, 6.07) is 15.0. The number of hydrogen-bond acceptors (Lipinski definition) is 4. The molecular weight excluding hydrogens is 459 g/mol. The van der Waals surface area contributed by atoms with E-state index in [0.717, 1.165) is 30.9 Å². The minimum Gasteiger partial charge on any atom is -0.381 e. The van der Waals surface area contributed by atoms with Crippen LogP contribution in [0.4, 0.5) is 18.9 Å². The van der Waals surface area contributed by atoms with Crippen molar-refractivity contribution in [2.45, 2.75) is 30.9 Å².